The number of carbonyl (C=O) groups excluding carboxylic acids is 1. The molecule has 0 bridgehead atoms. The molecular formula is C19H32N2O. The monoisotopic (exact) mass is 304 g/mol. The molecule has 2 saturated heterocycles. The molecule has 2 saturated carbocycles. The van der Waals surface area contributed by atoms with Crippen LogP contribution in [0.25, 0.3) is 0 Å². The van der Waals surface area contributed by atoms with E-state index < -0.39 is 0 Å². The average molecular weight is 304 g/mol. The van der Waals surface area contributed by atoms with Crippen molar-refractivity contribution in [1.82, 2.24) is 10.2 Å². The van der Waals surface area contributed by atoms with E-state index >= 15 is 0 Å². The van der Waals surface area contributed by atoms with Gasteiger partial charge in [0.1, 0.15) is 0 Å². The molecule has 4 rings (SSSR count). The third kappa shape index (κ3) is 2.93. The fourth-order valence-corrected chi connectivity index (χ4v) is 5.82. The fourth-order valence-electron chi connectivity index (χ4n) is 5.82. The standard InChI is InChI=1S/C19H32N2O/c22-19-11-17(14-4-2-1-3-5-14)13-21(19)18-7-6-16-12-20-9-8-15(16)10-18/h14-18,20H,1-13H2. The van der Waals surface area contributed by atoms with Crippen LogP contribution in [0.4, 0.5) is 0 Å². The van der Waals surface area contributed by atoms with Crippen molar-refractivity contribution >= 4 is 5.91 Å². The number of hydrogen-bond acceptors (Lipinski definition) is 2. The summed E-state index contributed by atoms with van der Waals surface area (Å²) >= 11 is 0. The number of likely N-dealkylation sites (tertiary alicyclic amines) is 1. The Balaban J connectivity index is 1.37. The molecule has 0 radical (unpaired) electrons. The van der Waals surface area contributed by atoms with E-state index in [2.05, 4.69) is 10.2 Å². The second kappa shape index (κ2) is 6.51. The molecule has 4 atom stereocenters. The van der Waals surface area contributed by atoms with Crippen LogP contribution in [0.15, 0.2) is 0 Å². The molecule has 3 nitrogen and oxygen atoms in total. The Morgan fingerprint density at radius 2 is 1.73 bits per heavy atom. The number of fused-ring (bicyclic) bond motifs is 1. The van der Waals surface area contributed by atoms with Crippen molar-refractivity contribution in [1.29, 1.82) is 0 Å². The number of rotatable bonds is 2. The van der Waals surface area contributed by atoms with E-state index in [-0.39, 0.29) is 0 Å². The first-order valence-corrected chi connectivity index (χ1v) is 9.81. The molecule has 4 aliphatic rings. The van der Waals surface area contributed by atoms with E-state index in [4.69, 9.17) is 0 Å². The van der Waals surface area contributed by atoms with Crippen molar-refractivity contribution in [2.45, 2.75) is 70.3 Å². The summed E-state index contributed by atoms with van der Waals surface area (Å²) in [6.45, 7) is 3.49. The lowest BCUT2D eigenvalue weighted by Gasteiger charge is -2.42. The van der Waals surface area contributed by atoms with E-state index in [9.17, 15) is 4.79 Å². The summed E-state index contributed by atoms with van der Waals surface area (Å²) < 4.78 is 0. The number of carbonyl (C=O) groups is 1. The molecule has 0 aromatic carbocycles. The summed E-state index contributed by atoms with van der Waals surface area (Å²) in [5, 5.41) is 3.55. The van der Waals surface area contributed by atoms with Crippen LogP contribution in [0.2, 0.25) is 0 Å². The smallest absolute Gasteiger partial charge is 0.223 e. The Bertz CT molecular complexity index is 404. The van der Waals surface area contributed by atoms with Gasteiger partial charge >= 0.3 is 0 Å². The summed E-state index contributed by atoms with van der Waals surface area (Å²) in [5.41, 5.74) is 0. The van der Waals surface area contributed by atoms with Crippen LogP contribution in [0.1, 0.15) is 64.2 Å². The van der Waals surface area contributed by atoms with Gasteiger partial charge in [-0.1, -0.05) is 32.1 Å². The normalized spacial score (nSPS) is 40.7. The second-order valence-electron chi connectivity index (χ2n) is 8.39. The maximum Gasteiger partial charge on any atom is 0.223 e. The van der Waals surface area contributed by atoms with Gasteiger partial charge in [0, 0.05) is 19.0 Å². The van der Waals surface area contributed by atoms with Crippen LogP contribution >= 0.6 is 0 Å². The first kappa shape index (κ1) is 15.0. The SMILES string of the molecule is O=C1CC(C2CCCCC2)CN1C1CCC2CNCCC2C1. The lowest BCUT2D eigenvalue weighted by Crippen LogP contribution is -2.47. The summed E-state index contributed by atoms with van der Waals surface area (Å²) in [5.74, 6) is 3.77. The van der Waals surface area contributed by atoms with Gasteiger partial charge < -0.3 is 10.2 Å². The molecule has 4 fully saturated rings. The van der Waals surface area contributed by atoms with E-state index in [0.717, 1.165) is 30.7 Å². The molecule has 124 valence electrons. The molecule has 22 heavy (non-hydrogen) atoms. The predicted octanol–water partition coefficient (Wildman–Crippen LogP) is 3.19. The second-order valence-corrected chi connectivity index (χ2v) is 8.39. The lowest BCUT2D eigenvalue weighted by molar-refractivity contribution is -0.130. The van der Waals surface area contributed by atoms with Crippen LogP contribution in [-0.2, 0) is 4.79 Å². The van der Waals surface area contributed by atoms with Gasteiger partial charge in [0.15, 0.2) is 0 Å². The molecule has 1 N–H and O–H groups in total. The molecule has 2 heterocycles. The summed E-state index contributed by atoms with van der Waals surface area (Å²) in [6.07, 6.45) is 13.0. The Morgan fingerprint density at radius 1 is 0.864 bits per heavy atom. The highest BCUT2D eigenvalue weighted by Gasteiger charge is 2.41. The minimum absolute atomic E-state index is 0.480. The van der Waals surface area contributed by atoms with Gasteiger partial charge in [0.05, 0.1) is 0 Å². The molecular weight excluding hydrogens is 272 g/mol. The first-order valence-electron chi connectivity index (χ1n) is 9.81. The van der Waals surface area contributed by atoms with Crippen LogP contribution in [0.5, 0.6) is 0 Å². The molecule has 1 amide bonds. The number of piperidine rings is 1. The third-order valence-corrected chi connectivity index (χ3v) is 7.16. The highest BCUT2D eigenvalue weighted by atomic mass is 16.2. The molecule has 0 aromatic heterocycles. The van der Waals surface area contributed by atoms with Crippen molar-refractivity contribution < 1.29 is 4.79 Å². The predicted molar refractivity (Wildman–Crippen MR) is 88.5 cm³/mol. The maximum absolute atomic E-state index is 12.6. The van der Waals surface area contributed by atoms with Crippen molar-refractivity contribution in [2.75, 3.05) is 19.6 Å². The van der Waals surface area contributed by atoms with Crippen molar-refractivity contribution in [3.8, 4) is 0 Å². The minimum Gasteiger partial charge on any atom is -0.339 e. The van der Waals surface area contributed by atoms with Gasteiger partial charge in [-0.15, -0.1) is 0 Å². The fraction of sp³-hybridized carbons (Fsp3) is 0.947. The highest BCUT2D eigenvalue weighted by molar-refractivity contribution is 5.79. The van der Waals surface area contributed by atoms with Crippen LogP contribution in [-0.4, -0.2) is 36.5 Å². The van der Waals surface area contributed by atoms with Crippen molar-refractivity contribution in [3.63, 3.8) is 0 Å². The zero-order valence-electron chi connectivity index (χ0n) is 13.9. The van der Waals surface area contributed by atoms with Gasteiger partial charge in [-0.2, -0.15) is 0 Å². The van der Waals surface area contributed by atoms with Crippen molar-refractivity contribution in [3.05, 3.63) is 0 Å². The van der Waals surface area contributed by atoms with Gasteiger partial charge in [0.25, 0.3) is 0 Å². The van der Waals surface area contributed by atoms with Crippen LogP contribution in [0.3, 0.4) is 0 Å². The number of nitrogens with zero attached hydrogens (tertiary/aromatic N) is 1. The van der Waals surface area contributed by atoms with Gasteiger partial charge in [-0.05, 0) is 62.4 Å². The number of nitrogens with one attached hydrogen (secondary N) is 1. The zero-order valence-corrected chi connectivity index (χ0v) is 13.9. The molecule has 3 heteroatoms. The Kier molecular flexibility index (Phi) is 4.43. The lowest BCUT2D eigenvalue weighted by atomic mass is 9.73. The van der Waals surface area contributed by atoms with E-state index in [1.165, 1.54) is 70.9 Å². The van der Waals surface area contributed by atoms with E-state index in [1.54, 1.807) is 0 Å². The molecule has 0 spiro atoms. The summed E-state index contributed by atoms with van der Waals surface area (Å²) in [6, 6.07) is 0.570. The van der Waals surface area contributed by atoms with Gasteiger partial charge in [0.2, 0.25) is 5.91 Å². The Morgan fingerprint density at radius 3 is 2.59 bits per heavy atom. The maximum atomic E-state index is 12.6. The van der Waals surface area contributed by atoms with E-state index in [0.29, 0.717) is 17.9 Å². The average Bonchev–Trinajstić information content (AvgIpc) is 2.97. The molecule has 0 aromatic rings. The Labute approximate surface area is 135 Å². The van der Waals surface area contributed by atoms with E-state index in [1.807, 2.05) is 0 Å². The highest BCUT2D eigenvalue weighted by Crippen LogP contribution is 2.40. The minimum atomic E-state index is 0.480. The Hall–Kier alpha value is -0.570. The van der Waals surface area contributed by atoms with Gasteiger partial charge in [-0.25, -0.2) is 0 Å². The summed E-state index contributed by atoms with van der Waals surface area (Å²) in [7, 11) is 0. The first-order chi connectivity index (χ1) is 10.8. The number of amides is 1. The van der Waals surface area contributed by atoms with Crippen LogP contribution in [0, 0.1) is 23.7 Å². The van der Waals surface area contributed by atoms with Crippen LogP contribution < -0.4 is 5.32 Å². The number of hydrogen-bond donors (Lipinski definition) is 1. The van der Waals surface area contributed by atoms with Gasteiger partial charge in [-0.3, -0.25) is 4.79 Å². The molecule has 2 aliphatic heterocycles. The zero-order chi connectivity index (χ0) is 14.9. The third-order valence-electron chi connectivity index (χ3n) is 7.16. The molecule has 2 aliphatic carbocycles. The molecule has 4 unspecified atom stereocenters. The topological polar surface area (TPSA) is 32.3 Å². The summed E-state index contributed by atoms with van der Waals surface area (Å²) in [4.78, 5) is 14.9. The van der Waals surface area contributed by atoms with Crippen molar-refractivity contribution in [2.24, 2.45) is 23.7 Å². The largest absolute Gasteiger partial charge is 0.339 e. The quantitative estimate of drug-likeness (QED) is 0.850.